The zero-order valence-electron chi connectivity index (χ0n) is 11.8. The van der Waals surface area contributed by atoms with Crippen LogP contribution in [0.25, 0.3) is 0 Å². The van der Waals surface area contributed by atoms with Gasteiger partial charge in [-0.25, -0.2) is 9.59 Å². The second kappa shape index (κ2) is 7.28. The fraction of sp³-hybridized carbons (Fsp3) is 0.357. The summed E-state index contributed by atoms with van der Waals surface area (Å²) < 4.78 is 0. The van der Waals surface area contributed by atoms with E-state index in [0.717, 1.165) is 11.1 Å². The molecule has 0 aliphatic rings. The van der Waals surface area contributed by atoms with E-state index in [9.17, 15) is 14.4 Å². The first-order chi connectivity index (χ1) is 9.79. The van der Waals surface area contributed by atoms with Gasteiger partial charge in [-0.05, 0) is 37.5 Å². The molecule has 2 amide bonds. The standard InChI is InChI=1S/C14H18N2O5/c1-8-3-4-9(2)11(7-8)16-14(21)15-10(13(19)20)5-6-12(17)18/h3-4,7,10H,5-6H2,1-2H3,(H,17,18)(H,19,20)(H2,15,16,21). The number of urea groups is 1. The highest BCUT2D eigenvalue weighted by atomic mass is 16.4. The molecule has 7 heteroatoms. The van der Waals surface area contributed by atoms with Crippen molar-refractivity contribution in [2.45, 2.75) is 32.7 Å². The van der Waals surface area contributed by atoms with E-state index in [2.05, 4.69) is 10.6 Å². The molecule has 21 heavy (non-hydrogen) atoms. The smallest absolute Gasteiger partial charge is 0.326 e. The molecule has 1 aromatic carbocycles. The average molecular weight is 294 g/mol. The lowest BCUT2D eigenvalue weighted by molar-refractivity contribution is -0.140. The summed E-state index contributed by atoms with van der Waals surface area (Å²) in [5.74, 6) is -2.38. The molecule has 0 heterocycles. The van der Waals surface area contributed by atoms with Gasteiger partial charge in [-0.1, -0.05) is 12.1 Å². The summed E-state index contributed by atoms with van der Waals surface area (Å²) >= 11 is 0. The van der Waals surface area contributed by atoms with E-state index < -0.39 is 24.0 Å². The first-order valence-corrected chi connectivity index (χ1v) is 6.39. The minimum absolute atomic E-state index is 0.176. The van der Waals surface area contributed by atoms with Crippen molar-refractivity contribution in [2.75, 3.05) is 5.32 Å². The number of aryl methyl sites for hydroxylation is 2. The summed E-state index contributed by atoms with van der Waals surface area (Å²) in [4.78, 5) is 33.3. The lowest BCUT2D eigenvalue weighted by Crippen LogP contribution is -2.43. The van der Waals surface area contributed by atoms with Gasteiger partial charge < -0.3 is 20.8 Å². The van der Waals surface area contributed by atoms with Crippen LogP contribution in [0, 0.1) is 13.8 Å². The Kier molecular flexibility index (Phi) is 5.71. The first kappa shape index (κ1) is 16.5. The number of rotatable bonds is 6. The van der Waals surface area contributed by atoms with Gasteiger partial charge in [0.25, 0.3) is 0 Å². The third-order valence-corrected chi connectivity index (χ3v) is 2.89. The maximum Gasteiger partial charge on any atom is 0.326 e. The zero-order chi connectivity index (χ0) is 16.0. The van der Waals surface area contributed by atoms with Gasteiger partial charge in [-0.3, -0.25) is 4.79 Å². The largest absolute Gasteiger partial charge is 0.481 e. The zero-order valence-corrected chi connectivity index (χ0v) is 11.8. The van der Waals surface area contributed by atoms with Crippen LogP contribution in [0.4, 0.5) is 10.5 Å². The lowest BCUT2D eigenvalue weighted by atomic mass is 10.1. The van der Waals surface area contributed by atoms with Crippen LogP contribution in [-0.2, 0) is 9.59 Å². The van der Waals surface area contributed by atoms with Crippen LogP contribution in [-0.4, -0.2) is 34.2 Å². The number of aliphatic carboxylic acids is 2. The first-order valence-electron chi connectivity index (χ1n) is 6.39. The highest BCUT2D eigenvalue weighted by Crippen LogP contribution is 2.16. The molecule has 0 aliphatic heterocycles. The van der Waals surface area contributed by atoms with Crippen molar-refractivity contribution in [1.29, 1.82) is 0 Å². The molecule has 0 saturated carbocycles. The van der Waals surface area contributed by atoms with Crippen molar-refractivity contribution in [3.05, 3.63) is 29.3 Å². The van der Waals surface area contributed by atoms with Gasteiger partial charge in [-0.15, -0.1) is 0 Å². The van der Waals surface area contributed by atoms with Crippen LogP contribution in [0.5, 0.6) is 0 Å². The number of carbonyl (C=O) groups excluding carboxylic acids is 1. The fourth-order valence-corrected chi connectivity index (χ4v) is 1.71. The van der Waals surface area contributed by atoms with Crippen LogP contribution in [0.15, 0.2) is 18.2 Å². The second-order valence-electron chi connectivity index (χ2n) is 4.74. The van der Waals surface area contributed by atoms with Gasteiger partial charge in [0.1, 0.15) is 6.04 Å². The Hall–Kier alpha value is -2.57. The van der Waals surface area contributed by atoms with Crippen molar-refractivity contribution < 1.29 is 24.6 Å². The summed E-state index contributed by atoms with van der Waals surface area (Å²) in [6.07, 6.45) is -0.508. The monoisotopic (exact) mass is 294 g/mol. The minimum Gasteiger partial charge on any atom is -0.481 e. The fourth-order valence-electron chi connectivity index (χ4n) is 1.71. The summed E-state index contributed by atoms with van der Waals surface area (Å²) in [5.41, 5.74) is 2.37. The highest BCUT2D eigenvalue weighted by molar-refractivity contribution is 5.93. The predicted molar refractivity (Wildman–Crippen MR) is 76.4 cm³/mol. The summed E-state index contributed by atoms with van der Waals surface area (Å²) in [5, 5.41) is 22.3. The second-order valence-corrected chi connectivity index (χ2v) is 4.74. The number of nitrogens with one attached hydrogen (secondary N) is 2. The molecule has 4 N–H and O–H groups in total. The van der Waals surface area contributed by atoms with Crippen LogP contribution < -0.4 is 10.6 Å². The molecule has 114 valence electrons. The third-order valence-electron chi connectivity index (χ3n) is 2.89. The highest BCUT2D eigenvalue weighted by Gasteiger charge is 2.21. The quantitative estimate of drug-likeness (QED) is 0.638. The third kappa shape index (κ3) is 5.52. The van der Waals surface area contributed by atoms with E-state index in [4.69, 9.17) is 10.2 Å². The van der Waals surface area contributed by atoms with Gasteiger partial charge in [-0.2, -0.15) is 0 Å². The van der Waals surface area contributed by atoms with E-state index >= 15 is 0 Å². The maximum atomic E-state index is 11.8. The number of carboxylic acid groups (broad SMARTS) is 2. The van der Waals surface area contributed by atoms with E-state index in [-0.39, 0.29) is 12.8 Å². The minimum atomic E-state index is -1.27. The molecule has 1 rings (SSSR count). The molecule has 0 fully saturated rings. The normalized spacial score (nSPS) is 11.5. The summed E-state index contributed by atoms with van der Waals surface area (Å²) in [7, 11) is 0. The lowest BCUT2D eigenvalue weighted by Gasteiger charge is -2.15. The number of carboxylic acids is 2. The molecule has 0 aliphatic carbocycles. The van der Waals surface area contributed by atoms with Crippen molar-refractivity contribution in [3.8, 4) is 0 Å². The number of hydrogen-bond donors (Lipinski definition) is 4. The van der Waals surface area contributed by atoms with E-state index in [0.29, 0.717) is 5.69 Å². The number of carbonyl (C=O) groups is 3. The van der Waals surface area contributed by atoms with Crippen molar-refractivity contribution in [3.63, 3.8) is 0 Å². The van der Waals surface area contributed by atoms with Gasteiger partial charge in [0.05, 0.1) is 0 Å². The molecule has 0 radical (unpaired) electrons. The molecule has 1 unspecified atom stereocenters. The molecule has 0 spiro atoms. The van der Waals surface area contributed by atoms with Crippen LogP contribution in [0.3, 0.4) is 0 Å². The Morgan fingerprint density at radius 2 is 1.86 bits per heavy atom. The van der Waals surface area contributed by atoms with Gasteiger partial charge in [0, 0.05) is 12.1 Å². The van der Waals surface area contributed by atoms with E-state index in [1.165, 1.54) is 0 Å². The Bertz CT molecular complexity index is 556. The van der Waals surface area contributed by atoms with E-state index in [1.54, 1.807) is 6.07 Å². The number of amides is 2. The van der Waals surface area contributed by atoms with Crippen molar-refractivity contribution in [2.24, 2.45) is 0 Å². The van der Waals surface area contributed by atoms with E-state index in [1.807, 2.05) is 26.0 Å². The number of anilines is 1. The van der Waals surface area contributed by atoms with Crippen molar-refractivity contribution >= 4 is 23.7 Å². The van der Waals surface area contributed by atoms with Crippen LogP contribution >= 0.6 is 0 Å². The van der Waals surface area contributed by atoms with Crippen LogP contribution in [0.1, 0.15) is 24.0 Å². The maximum absolute atomic E-state index is 11.8. The number of hydrogen-bond acceptors (Lipinski definition) is 3. The average Bonchev–Trinajstić information content (AvgIpc) is 2.38. The summed E-state index contributed by atoms with van der Waals surface area (Å²) in [6, 6.07) is 3.57. The Morgan fingerprint density at radius 3 is 2.43 bits per heavy atom. The Labute approximate surface area is 122 Å². The molecular formula is C14H18N2O5. The van der Waals surface area contributed by atoms with Crippen LogP contribution in [0.2, 0.25) is 0 Å². The molecule has 0 saturated heterocycles. The molecular weight excluding hydrogens is 276 g/mol. The summed E-state index contributed by atoms with van der Waals surface area (Å²) in [6.45, 7) is 3.68. The topological polar surface area (TPSA) is 116 Å². The van der Waals surface area contributed by atoms with Gasteiger partial charge in [0.15, 0.2) is 0 Å². The van der Waals surface area contributed by atoms with Crippen molar-refractivity contribution in [1.82, 2.24) is 5.32 Å². The molecule has 0 bridgehead atoms. The Morgan fingerprint density at radius 1 is 1.19 bits per heavy atom. The molecule has 7 nitrogen and oxygen atoms in total. The Balaban J connectivity index is 2.67. The molecule has 0 aromatic heterocycles. The predicted octanol–water partition coefficient (Wildman–Crippen LogP) is 1.74. The SMILES string of the molecule is Cc1ccc(C)c(NC(=O)NC(CCC(=O)O)C(=O)O)c1. The van der Waals surface area contributed by atoms with Gasteiger partial charge in [0.2, 0.25) is 0 Å². The molecule has 1 atom stereocenters. The molecule has 1 aromatic rings. The number of benzene rings is 1. The van der Waals surface area contributed by atoms with Gasteiger partial charge >= 0.3 is 18.0 Å².